The number of H-pyrrole nitrogens is 1. The number of aromatic amines is 1. The highest BCUT2D eigenvalue weighted by molar-refractivity contribution is 5.94. The molecule has 114 valence electrons. The minimum atomic E-state index is -0.0348. The van der Waals surface area contributed by atoms with Crippen molar-refractivity contribution in [3.63, 3.8) is 0 Å². The maximum absolute atomic E-state index is 12.4. The van der Waals surface area contributed by atoms with Crippen molar-refractivity contribution in [1.82, 2.24) is 14.8 Å². The third-order valence-electron chi connectivity index (χ3n) is 3.98. The zero-order valence-corrected chi connectivity index (χ0v) is 12.4. The number of carbonyl (C=O) groups excluding carboxylic acids is 2. The van der Waals surface area contributed by atoms with Gasteiger partial charge in [-0.25, -0.2) is 0 Å². The van der Waals surface area contributed by atoms with E-state index in [0.29, 0.717) is 24.3 Å². The first kappa shape index (κ1) is 14.5. The van der Waals surface area contributed by atoms with Gasteiger partial charge < -0.3 is 9.88 Å². The van der Waals surface area contributed by atoms with Crippen molar-refractivity contribution in [2.45, 2.75) is 6.54 Å². The van der Waals surface area contributed by atoms with E-state index in [1.54, 1.807) is 12.3 Å². The number of nitrogens with zero attached hydrogens (tertiary/aromatic N) is 2. The maximum Gasteiger partial charge on any atom is 0.270 e. The topological polar surface area (TPSA) is 56.4 Å². The van der Waals surface area contributed by atoms with E-state index >= 15 is 0 Å². The molecule has 1 aliphatic rings. The van der Waals surface area contributed by atoms with Gasteiger partial charge in [-0.15, -0.1) is 0 Å². The van der Waals surface area contributed by atoms with E-state index in [1.165, 1.54) is 5.56 Å². The van der Waals surface area contributed by atoms with Gasteiger partial charge in [-0.05, 0) is 11.6 Å². The molecule has 5 heteroatoms. The molecule has 0 aliphatic carbocycles. The average molecular weight is 297 g/mol. The van der Waals surface area contributed by atoms with Gasteiger partial charge in [0, 0.05) is 44.5 Å². The highest BCUT2D eigenvalue weighted by Gasteiger charge is 2.23. The number of hydrogen-bond donors (Lipinski definition) is 1. The van der Waals surface area contributed by atoms with Crippen LogP contribution in [0.2, 0.25) is 0 Å². The van der Waals surface area contributed by atoms with Gasteiger partial charge in [-0.1, -0.05) is 30.3 Å². The standard InChI is InChI=1S/C17H19N3O2/c21-13-15-10-16(18-11-15)17(22)20-8-6-19(7-9-20)12-14-4-2-1-3-5-14/h1-5,10-11,13,18H,6-9,12H2. The van der Waals surface area contributed by atoms with E-state index in [9.17, 15) is 9.59 Å². The first-order chi connectivity index (χ1) is 10.8. The van der Waals surface area contributed by atoms with Crippen molar-refractivity contribution >= 4 is 12.2 Å². The molecule has 1 amide bonds. The summed E-state index contributed by atoms with van der Waals surface area (Å²) in [6, 6.07) is 12.0. The summed E-state index contributed by atoms with van der Waals surface area (Å²) in [4.78, 5) is 30.1. The second-order valence-corrected chi connectivity index (χ2v) is 5.52. The van der Waals surface area contributed by atoms with E-state index in [-0.39, 0.29) is 5.91 Å². The molecule has 1 aliphatic heterocycles. The maximum atomic E-state index is 12.4. The summed E-state index contributed by atoms with van der Waals surface area (Å²) in [5, 5.41) is 0. The Balaban J connectivity index is 1.55. The second-order valence-electron chi connectivity index (χ2n) is 5.52. The lowest BCUT2D eigenvalue weighted by molar-refractivity contribution is 0.0623. The average Bonchev–Trinajstić information content (AvgIpc) is 3.05. The van der Waals surface area contributed by atoms with Crippen LogP contribution in [0, 0.1) is 0 Å². The number of nitrogens with one attached hydrogen (secondary N) is 1. The molecular weight excluding hydrogens is 278 g/mol. The van der Waals surface area contributed by atoms with Gasteiger partial charge >= 0.3 is 0 Å². The van der Waals surface area contributed by atoms with Crippen molar-refractivity contribution < 1.29 is 9.59 Å². The van der Waals surface area contributed by atoms with Crippen LogP contribution in [0.15, 0.2) is 42.6 Å². The molecule has 0 saturated carbocycles. The molecule has 0 spiro atoms. The SMILES string of the molecule is O=Cc1c[nH]c(C(=O)N2CCN(Cc3ccccc3)CC2)c1. The molecule has 5 nitrogen and oxygen atoms in total. The van der Waals surface area contributed by atoms with E-state index in [2.05, 4.69) is 22.0 Å². The van der Waals surface area contributed by atoms with E-state index < -0.39 is 0 Å². The smallest absolute Gasteiger partial charge is 0.270 e. The van der Waals surface area contributed by atoms with Crippen LogP contribution in [0.4, 0.5) is 0 Å². The van der Waals surface area contributed by atoms with Crippen LogP contribution < -0.4 is 0 Å². The molecule has 2 heterocycles. The number of carbonyl (C=O) groups is 2. The number of benzene rings is 1. The van der Waals surface area contributed by atoms with Crippen molar-refractivity contribution in [3.05, 3.63) is 59.4 Å². The third-order valence-corrected chi connectivity index (χ3v) is 3.98. The summed E-state index contributed by atoms with van der Waals surface area (Å²) in [6.45, 7) is 4.06. The van der Waals surface area contributed by atoms with Crippen molar-refractivity contribution in [3.8, 4) is 0 Å². The number of piperazine rings is 1. The highest BCUT2D eigenvalue weighted by atomic mass is 16.2. The first-order valence-corrected chi connectivity index (χ1v) is 7.45. The molecule has 1 fully saturated rings. The molecule has 1 aromatic carbocycles. The molecule has 3 rings (SSSR count). The molecule has 1 N–H and O–H groups in total. The molecule has 1 aromatic heterocycles. The molecule has 0 atom stereocenters. The van der Waals surface area contributed by atoms with Gasteiger partial charge in [0.2, 0.25) is 0 Å². The Labute approximate surface area is 129 Å². The van der Waals surface area contributed by atoms with Crippen LogP contribution in [0.25, 0.3) is 0 Å². The predicted molar refractivity (Wildman–Crippen MR) is 83.8 cm³/mol. The lowest BCUT2D eigenvalue weighted by Gasteiger charge is -2.34. The normalized spacial score (nSPS) is 15.7. The van der Waals surface area contributed by atoms with Crippen molar-refractivity contribution in [1.29, 1.82) is 0 Å². The zero-order valence-electron chi connectivity index (χ0n) is 12.4. The number of rotatable bonds is 4. The van der Waals surface area contributed by atoms with Crippen LogP contribution in [-0.2, 0) is 6.54 Å². The summed E-state index contributed by atoms with van der Waals surface area (Å²) in [6.07, 6.45) is 2.30. The van der Waals surface area contributed by atoms with Gasteiger partial charge in [0.1, 0.15) is 5.69 Å². The summed E-state index contributed by atoms with van der Waals surface area (Å²) >= 11 is 0. The van der Waals surface area contributed by atoms with E-state index in [1.807, 2.05) is 23.1 Å². The molecule has 22 heavy (non-hydrogen) atoms. The number of aldehydes is 1. The second kappa shape index (κ2) is 6.58. The van der Waals surface area contributed by atoms with Gasteiger partial charge in [0.25, 0.3) is 5.91 Å². The van der Waals surface area contributed by atoms with Crippen LogP contribution in [0.5, 0.6) is 0 Å². The van der Waals surface area contributed by atoms with Crippen LogP contribution in [0.3, 0.4) is 0 Å². The first-order valence-electron chi connectivity index (χ1n) is 7.45. The van der Waals surface area contributed by atoms with Crippen molar-refractivity contribution in [2.75, 3.05) is 26.2 Å². The Morgan fingerprint density at radius 1 is 1.14 bits per heavy atom. The fraction of sp³-hybridized carbons (Fsp3) is 0.294. The minimum absolute atomic E-state index is 0.0348. The molecular formula is C17H19N3O2. The Kier molecular flexibility index (Phi) is 4.34. The highest BCUT2D eigenvalue weighted by Crippen LogP contribution is 2.11. The molecule has 0 radical (unpaired) electrons. The lowest BCUT2D eigenvalue weighted by atomic mass is 10.2. The monoisotopic (exact) mass is 297 g/mol. The Morgan fingerprint density at radius 2 is 1.86 bits per heavy atom. The van der Waals surface area contributed by atoms with Gasteiger partial charge in [0.05, 0.1) is 0 Å². The summed E-state index contributed by atoms with van der Waals surface area (Å²) < 4.78 is 0. The largest absolute Gasteiger partial charge is 0.356 e. The minimum Gasteiger partial charge on any atom is -0.356 e. The molecule has 0 unspecified atom stereocenters. The van der Waals surface area contributed by atoms with Crippen LogP contribution in [-0.4, -0.2) is 53.2 Å². The Bertz CT molecular complexity index is 643. The number of amides is 1. The van der Waals surface area contributed by atoms with Crippen LogP contribution in [0.1, 0.15) is 26.4 Å². The fourth-order valence-electron chi connectivity index (χ4n) is 2.72. The summed E-state index contributed by atoms with van der Waals surface area (Å²) in [5.41, 5.74) is 2.28. The van der Waals surface area contributed by atoms with E-state index in [4.69, 9.17) is 0 Å². The quantitative estimate of drug-likeness (QED) is 0.875. The van der Waals surface area contributed by atoms with Gasteiger partial charge in [0.15, 0.2) is 6.29 Å². The number of hydrogen-bond acceptors (Lipinski definition) is 3. The van der Waals surface area contributed by atoms with Crippen LogP contribution >= 0.6 is 0 Å². The molecule has 1 saturated heterocycles. The third kappa shape index (κ3) is 3.26. The molecule has 2 aromatic rings. The summed E-state index contributed by atoms with van der Waals surface area (Å²) in [7, 11) is 0. The van der Waals surface area contributed by atoms with Crippen molar-refractivity contribution in [2.24, 2.45) is 0 Å². The molecule has 0 bridgehead atoms. The van der Waals surface area contributed by atoms with Gasteiger partial charge in [-0.2, -0.15) is 0 Å². The predicted octanol–water partition coefficient (Wildman–Crippen LogP) is 1.79. The fourth-order valence-corrected chi connectivity index (χ4v) is 2.72. The zero-order chi connectivity index (χ0) is 15.4. The Hall–Kier alpha value is -2.40. The van der Waals surface area contributed by atoms with Gasteiger partial charge in [-0.3, -0.25) is 14.5 Å². The number of aromatic nitrogens is 1. The summed E-state index contributed by atoms with van der Waals surface area (Å²) in [5.74, 6) is -0.0348. The lowest BCUT2D eigenvalue weighted by Crippen LogP contribution is -2.48. The Morgan fingerprint density at radius 3 is 2.50 bits per heavy atom. The van der Waals surface area contributed by atoms with E-state index in [0.717, 1.165) is 25.9 Å².